The lowest BCUT2D eigenvalue weighted by atomic mass is 9.99. The van der Waals surface area contributed by atoms with Crippen molar-refractivity contribution in [3.05, 3.63) is 57.6 Å². The summed E-state index contributed by atoms with van der Waals surface area (Å²) in [6, 6.07) is 6.56. The predicted molar refractivity (Wildman–Crippen MR) is 103 cm³/mol. The number of aromatic nitrogens is 2. The molecule has 1 fully saturated rings. The molecule has 174 valence electrons. The molecule has 1 aromatic carbocycles. The van der Waals surface area contributed by atoms with Crippen molar-refractivity contribution in [2.45, 2.75) is 37.3 Å². The normalized spacial score (nSPS) is 27.6. The van der Waals surface area contributed by atoms with Crippen molar-refractivity contribution in [2.24, 2.45) is 0 Å². The summed E-state index contributed by atoms with van der Waals surface area (Å²) in [5.41, 5.74) is 2.51. The average Bonchev–Trinajstić information content (AvgIpc) is 2.96. The molecule has 0 unspecified atom stereocenters. The Morgan fingerprint density at radius 3 is 2.56 bits per heavy atom. The smallest absolute Gasteiger partial charge is 0.353 e. The molecule has 2 heterocycles. The maximum Gasteiger partial charge on any atom is 0.353 e. The first-order chi connectivity index (χ1) is 15.0. The molecule has 14 heteroatoms. The van der Waals surface area contributed by atoms with Gasteiger partial charge in [-0.1, -0.05) is 34.3 Å². The summed E-state index contributed by atoms with van der Waals surface area (Å²) in [4.78, 5) is 27.5. The quantitative estimate of drug-likeness (QED) is 0.140. The molecule has 1 aliphatic rings. The first-order valence-corrected chi connectivity index (χ1v) is 9.23. The number of hydrogen-bond acceptors (Lipinski definition) is 11. The van der Waals surface area contributed by atoms with Crippen LogP contribution in [-0.2, 0) is 17.2 Å². The van der Waals surface area contributed by atoms with Gasteiger partial charge in [0.05, 0.1) is 13.2 Å². The van der Waals surface area contributed by atoms with Crippen molar-refractivity contribution in [3.63, 3.8) is 0 Å². The van der Waals surface area contributed by atoms with Crippen LogP contribution in [0.3, 0.4) is 0 Å². The molecule has 0 spiro atoms. The molecule has 0 aliphatic carbocycles. The molecule has 2 aromatic rings. The van der Waals surface area contributed by atoms with Crippen LogP contribution in [0, 0.1) is 6.92 Å². The molecule has 1 amide bonds. The minimum absolute atomic E-state index is 0.0643. The largest absolute Gasteiger partial charge is 0.394 e. The van der Waals surface area contributed by atoms with Crippen molar-refractivity contribution in [2.75, 3.05) is 12.3 Å². The number of ether oxygens (including phenoxy) is 1. The van der Waals surface area contributed by atoms with Gasteiger partial charge in [-0.2, -0.15) is 5.54 Å². The van der Waals surface area contributed by atoms with Crippen LogP contribution in [0.15, 0.2) is 35.3 Å². The Morgan fingerprint density at radius 2 is 2.00 bits per heavy atom. The monoisotopic (exact) mass is 455 g/mol. The van der Waals surface area contributed by atoms with E-state index in [9.17, 15) is 39.7 Å². The van der Waals surface area contributed by atoms with Gasteiger partial charge >= 0.3 is 11.6 Å². The maximum atomic E-state index is 12.7. The van der Waals surface area contributed by atoms with E-state index in [1.165, 1.54) is 0 Å². The van der Waals surface area contributed by atoms with E-state index in [1.807, 2.05) is 6.92 Å². The lowest BCUT2D eigenvalue weighted by Crippen LogP contribution is -2.68. The highest BCUT2D eigenvalue weighted by molar-refractivity contribution is 5.97. The number of nitrogens with zero attached hydrogens (tertiary/aromatic N) is 3. The lowest BCUT2D eigenvalue weighted by Gasteiger charge is -2.42. The predicted octanol–water partition coefficient (Wildman–Crippen LogP) is -2.32. The molecule has 1 saturated heterocycles. The maximum absolute atomic E-state index is 12.7. The molecule has 4 atom stereocenters. The van der Waals surface area contributed by atoms with Gasteiger partial charge in [0.2, 0.25) is 5.72 Å². The summed E-state index contributed by atoms with van der Waals surface area (Å²) in [7, 11) is 0. The van der Waals surface area contributed by atoms with E-state index in [1.54, 1.807) is 24.3 Å². The van der Waals surface area contributed by atoms with E-state index < -0.39 is 60.0 Å². The van der Waals surface area contributed by atoms with Crippen LogP contribution >= 0.6 is 0 Å². The number of carbonyl (C=O) groups excluding carboxylic acids is 1. The number of amides is 1. The first kappa shape index (κ1) is 23.7. The van der Waals surface area contributed by atoms with Gasteiger partial charge in [-0.25, -0.2) is 14.3 Å². The third-order valence-corrected chi connectivity index (χ3v) is 5.23. The number of aliphatic hydroxyl groups excluding tert-OH is 2. The summed E-state index contributed by atoms with van der Waals surface area (Å²) in [6.45, 7) is 0.358. The van der Waals surface area contributed by atoms with E-state index in [0.717, 1.165) is 11.1 Å². The number of anilines is 1. The number of hydrogen-bond donors (Lipinski definition) is 7. The summed E-state index contributed by atoms with van der Waals surface area (Å²) < 4.78 is 17.9. The molecule has 1 aromatic heterocycles. The van der Waals surface area contributed by atoms with Gasteiger partial charge in [0.1, 0.15) is 23.6 Å². The van der Waals surface area contributed by atoms with Gasteiger partial charge in [0.25, 0.3) is 5.91 Å². The molecule has 32 heavy (non-hydrogen) atoms. The average molecular weight is 455 g/mol. The van der Waals surface area contributed by atoms with Crippen molar-refractivity contribution >= 4 is 11.7 Å². The van der Waals surface area contributed by atoms with Crippen molar-refractivity contribution in [1.82, 2.24) is 20.2 Å². The number of hydroxylamine groups is 2. The van der Waals surface area contributed by atoms with E-state index in [2.05, 4.69) is 4.98 Å². The summed E-state index contributed by atoms with van der Waals surface area (Å²) in [5, 5.41) is 53.4. The highest BCUT2D eigenvalue weighted by Crippen LogP contribution is 2.44. The molecule has 0 bridgehead atoms. The Balaban J connectivity index is 2.17. The van der Waals surface area contributed by atoms with Gasteiger partial charge in [-0.05, 0) is 12.5 Å². The van der Waals surface area contributed by atoms with Crippen LogP contribution in [0.4, 0.5) is 10.3 Å². The molecular formula is C18H22FN5O8. The molecule has 0 radical (unpaired) electrons. The first-order valence-electron chi connectivity index (χ1n) is 9.23. The third-order valence-electron chi connectivity index (χ3n) is 5.23. The van der Waals surface area contributed by atoms with Gasteiger partial charge in [0.15, 0.2) is 0 Å². The van der Waals surface area contributed by atoms with E-state index in [0.29, 0.717) is 11.8 Å². The van der Waals surface area contributed by atoms with Crippen LogP contribution in [0.1, 0.15) is 21.5 Å². The second kappa shape index (κ2) is 8.51. The summed E-state index contributed by atoms with van der Waals surface area (Å²) in [5.74, 6) is -5.72. The summed E-state index contributed by atoms with van der Waals surface area (Å²) in [6.07, 6.45) is -3.30. The lowest BCUT2D eigenvalue weighted by molar-refractivity contribution is -0.413. The third kappa shape index (κ3) is 3.53. The second-order valence-electron chi connectivity index (χ2n) is 7.26. The number of aryl methyl sites for hydroxylation is 1. The molecule has 1 aliphatic heterocycles. The van der Waals surface area contributed by atoms with E-state index in [4.69, 9.17) is 10.5 Å². The van der Waals surface area contributed by atoms with Gasteiger partial charge in [-0.15, -0.1) is 5.06 Å². The Labute approximate surface area is 179 Å². The Morgan fingerprint density at radius 1 is 1.38 bits per heavy atom. The number of rotatable bonds is 6. The highest BCUT2D eigenvalue weighted by atomic mass is 19.2. The number of nitrogens with two attached hydrogens (primary N) is 1. The fraction of sp³-hybridized carbons (Fsp3) is 0.389. The molecule has 3 rings (SSSR count). The molecular weight excluding hydrogens is 433 g/mol. The van der Waals surface area contributed by atoms with Crippen LogP contribution in [-0.4, -0.2) is 70.7 Å². The number of aliphatic hydroxyl groups is 4. The number of benzene rings is 1. The Bertz CT molecular complexity index is 1070. The van der Waals surface area contributed by atoms with Crippen LogP contribution in [0.2, 0.25) is 0 Å². The van der Waals surface area contributed by atoms with Gasteiger partial charge in [-0.3, -0.25) is 4.79 Å². The van der Waals surface area contributed by atoms with E-state index >= 15 is 0 Å². The summed E-state index contributed by atoms with van der Waals surface area (Å²) >= 11 is 0. The van der Waals surface area contributed by atoms with Crippen LogP contribution < -0.4 is 17.0 Å². The minimum atomic E-state index is -3.37. The van der Waals surface area contributed by atoms with Crippen molar-refractivity contribution in [3.8, 4) is 0 Å². The fourth-order valence-corrected chi connectivity index (χ4v) is 3.46. The Kier molecular flexibility index (Phi) is 6.30. The number of nitrogens with one attached hydrogen (secondary N) is 1. The van der Waals surface area contributed by atoms with E-state index in [-0.39, 0.29) is 9.63 Å². The zero-order valence-electron chi connectivity index (χ0n) is 16.7. The van der Waals surface area contributed by atoms with Gasteiger partial charge < -0.3 is 36.1 Å². The topological polar surface area (TPSA) is 204 Å². The number of carbonyl (C=O) groups is 1. The second-order valence-corrected chi connectivity index (χ2v) is 7.26. The zero-order chi connectivity index (χ0) is 23.8. The van der Waals surface area contributed by atoms with Crippen LogP contribution in [0.5, 0.6) is 0 Å². The standard InChI is InChI=1S/C18H22FN5O8/c1-9-2-4-10(5-3-9)7-23(31)17(29)13(26)12(8-25)32-18(17,30)24-14(20)11(15(27)22-19)6-21-16(24)28/h2-6,12-13,25-26,29-31H,7-8,20H2,1H3,(H,22,27)/t12-,13-,17-,18+/m1/s1. The molecule has 13 nitrogen and oxygen atoms in total. The van der Waals surface area contributed by atoms with Crippen molar-refractivity contribution < 1.29 is 39.6 Å². The fourth-order valence-electron chi connectivity index (χ4n) is 3.46. The molecule has 8 N–H and O–H groups in total. The van der Waals surface area contributed by atoms with Crippen LogP contribution in [0.25, 0.3) is 0 Å². The SMILES string of the molecule is Cc1ccc(CN(O)[C@@]2(O)[C@H](O)[C@@H](CO)O[C@]2(O)n2c(N)c(C(=O)NF)cnc2=O)cc1. The van der Waals surface area contributed by atoms with Gasteiger partial charge in [0, 0.05) is 6.20 Å². The van der Waals surface area contributed by atoms with Crippen molar-refractivity contribution in [1.29, 1.82) is 0 Å². The number of nitrogen functional groups attached to an aromatic ring is 1. The zero-order valence-corrected chi connectivity index (χ0v) is 16.7. The number of halogens is 1. The Hall–Kier alpha value is -2.98. The molecule has 0 saturated carbocycles. The highest BCUT2D eigenvalue weighted by Gasteiger charge is 2.70. The minimum Gasteiger partial charge on any atom is -0.394 e.